The third-order valence-electron chi connectivity index (χ3n) is 5.74. The summed E-state index contributed by atoms with van der Waals surface area (Å²) >= 11 is 9.08. The molecule has 3 aromatic carbocycles. The molecule has 6 nitrogen and oxygen atoms in total. The zero-order valence-corrected chi connectivity index (χ0v) is 21.0. The Balaban J connectivity index is 1.57. The fraction of sp³-hybridized carbons (Fsp3) is 0.115. The van der Waals surface area contributed by atoms with Crippen LogP contribution in [0.15, 0.2) is 77.3 Å². The lowest BCUT2D eigenvalue weighted by atomic mass is 10.1. The highest BCUT2D eigenvalue weighted by atomic mass is 79.9. The molecule has 170 valence electrons. The minimum Gasteiger partial charge on any atom is -0.484 e. The van der Waals surface area contributed by atoms with Crippen molar-refractivity contribution in [1.29, 1.82) is 0 Å². The topological polar surface area (TPSA) is 64.8 Å². The number of H-pyrrole nitrogens is 1. The largest absolute Gasteiger partial charge is 0.484 e. The van der Waals surface area contributed by atoms with Gasteiger partial charge in [-0.25, -0.2) is 0 Å². The molecule has 0 aliphatic heterocycles. The van der Waals surface area contributed by atoms with Crippen LogP contribution < -0.4 is 4.74 Å². The summed E-state index contributed by atoms with van der Waals surface area (Å²) in [4.78, 5) is 12.6. The monoisotopic (exact) mass is 532 g/mol. The van der Waals surface area contributed by atoms with Gasteiger partial charge in [-0.2, -0.15) is 5.10 Å². The van der Waals surface area contributed by atoms with Crippen LogP contribution in [0.25, 0.3) is 22.3 Å². The SMILES string of the molecule is CC(=O)c1c(C)n(-c2ccccc2)c2cc(Br)c(OCc3n[nH]c(=S)n3-c3ccccc3)cc12. The Morgan fingerprint density at radius 3 is 2.26 bits per heavy atom. The van der Waals surface area contributed by atoms with E-state index in [2.05, 4.69) is 30.7 Å². The van der Waals surface area contributed by atoms with E-state index < -0.39 is 0 Å². The molecule has 0 bridgehead atoms. The van der Waals surface area contributed by atoms with Gasteiger partial charge < -0.3 is 9.30 Å². The minimum absolute atomic E-state index is 0.00965. The van der Waals surface area contributed by atoms with Crippen LogP contribution in [0.5, 0.6) is 5.75 Å². The molecule has 1 N–H and O–H groups in total. The number of hydrogen-bond donors (Lipinski definition) is 1. The summed E-state index contributed by atoms with van der Waals surface area (Å²) in [5.74, 6) is 1.28. The van der Waals surface area contributed by atoms with Gasteiger partial charge in [0.1, 0.15) is 12.4 Å². The highest BCUT2D eigenvalue weighted by Crippen LogP contribution is 2.37. The quantitative estimate of drug-likeness (QED) is 0.194. The number of hydrogen-bond acceptors (Lipinski definition) is 4. The van der Waals surface area contributed by atoms with Crippen molar-refractivity contribution in [3.63, 3.8) is 0 Å². The molecule has 0 spiro atoms. The molecule has 5 rings (SSSR count). The second kappa shape index (κ2) is 9.04. The summed E-state index contributed by atoms with van der Waals surface area (Å²) in [6.45, 7) is 3.76. The number of rotatable bonds is 6. The van der Waals surface area contributed by atoms with Gasteiger partial charge in [0, 0.05) is 28.0 Å². The molecule has 2 aromatic heterocycles. The van der Waals surface area contributed by atoms with Crippen LogP contribution >= 0.6 is 28.1 Å². The number of fused-ring (bicyclic) bond motifs is 1. The maximum atomic E-state index is 12.6. The average molecular weight is 533 g/mol. The van der Waals surface area contributed by atoms with Gasteiger partial charge in [-0.1, -0.05) is 36.4 Å². The second-order valence-corrected chi connectivity index (χ2v) is 9.13. The Hall–Kier alpha value is -3.49. The molecule has 0 atom stereocenters. The number of nitrogens with one attached hydrogen (secondary N) is 1. The Morgan fingerprint density at radius 1 is 1.03 bits per heavy atom. The van der Waals surface area contributed by atoms with Crippen LogP contribution in [0.4, 0.5) is 0 Å². The van der Waals surface area contributed by atoms with Crippen molar-refractivity contribution in [1.82, 2.24) is 19.3 Å². The van der Waals surface area contributed by atoms with E-state index in [-0.39, 0.29) is 12.4 Å². The number of Topliss-reactive ketones (excluding diaryl/α,β-unsaturated/α-hetero) is 1. The summed E-state index contributed by atoms with van der Waals surface area (Å²) in [7, 11) is 0. The van der Waals surface area contributed by atoms with E-state index in [1.54, 1.807) is 6.92 Å². The fourth-order valence-electron chi connectivity index (χ4n) is 4.29. The van der Waals surface area contributed by atoms with Crippen molar-refractivity contribution < 1.29 is 9.53 Å². The molecule has 34 heavy (non-hydrogen) atoms. The van der Waals surface area contributed by atoms with E-state index in [9.17, 15) is 4.79 Å². The van der Waals surface area contributed by atoms with Crippen molar-refractivity contribution in [3.8, 4) is 17.1 Å². The number of ether oxygens (including phenoxy) is 1. The molecule has 0 amide bonds. The van der Waals surface area contributed by atoms with Crippen LogP contribution in [0, 0.1) is 11.7 Å². The number of halogens is 1. The third-order valence-corrected chi connectivity index (χ3v) is 6.63. The Labute approximate surface area is 209 Å². The van der Waals surface area contributed by atoms with Crippen molar-refractivity contribution in [2.45, 2.75) is 20.5 Å². The Kier molecular flexibility index (Phi) is 5.93. The number of nitrogens with zero attached hydrogens (tertiary/aromatic N) is 3. The third kappa shape index (κ3) is 3.89. The smallest absolute Gasteiger partial charge is 0.199 e. The first kappa shape index (κ1) is 22.3. The van der Waals surface area contributed by atoms with Crippen LogP contribution in [-0.2, 0) is 6.61 Å². The molecule has 2 heterocycles. The van der Waals surface area contributed by atoms with Crippen molar-refractivity contribution in [2.75, 3.05) is 0 Å². The molecule has 0 unspecified atom stereocenters. The number of carbonyl (C=O) groups excluding carboxylic acids is 1. The number of para-hydroxylation sites is 2. The van der Waals surface area contributed by atoms with E-state index in [0.717, 1.165) is 32.4 Å². The lowest BCUT2D eigenvalue weighted by Crippen LogP contribution is -2.06. The summed E-state index contributed by atoms with van der Waals surface area (Å²) in [5, 5.41) is 8.04. The number of ketones is 1. The van der Waals surface area contributed by atoms with Crippen LogP contribution in [0.3, 0.4) is 0 Å². The minimum atomic E-state index is 0.00965. The van der Waals surface area contributed by atoms with Crippen molar-refractivity contribution in [3.05, 3.63) is 99.1 Å². The summed E-state index contributed by atoms with van der Waals surface area (Å²) < 4.78 is 11.4. The van der Waals surface area contributed by atoms with Crippen molar-refractivity contribution in [2.24, 2.45) is 0 Å². The number of aromatic amines is 1. The van der Waals surface area contributed by atoms with Gasteiger partial charge in [-0.15, -0.1) is 0 Å². The summed E-state index contributed by atoms with van der Waals surface area (Å²) in [5.41, 5.74) is 4.41. The van der Waals surface area contributed by atoms with Gasteiger partial charge in [0.25, 0.3) is 0 Å². The highest BCUT2D eigenvalue weighted by molar-refractivity contribution is 9.10. The number of aromatic nitrogens is 4. The molecular weight excluding hydrogens is 512 g/mol. The molecule has 0 aliphatic rings. The normalized spacial score (nSPS) is 11.1. The lowest BCUT2D eigenvalue weighted by molar-refractivity contribution is 0.101. The summed E-state index contributed by atoms with van der Waals surface area (Å²) in [6, 6.07) is 23.7. The molecule has 8 heteroatoms. The molecule has 0 saturated heterocycles. The molecule has 0 saturated carbocycles. The van der Waals surface area contributed by atoms with Crippen LogP contribution in [-0.4, -0.2) is 25.1 Å². The second-order valence-electron chi connectivity index (χ2n) is 7.89. The van der Waals surface area contributed by atoms with E-state index in [1.807, 2.05) is 84.3 Å². The Bertz CT molecular complexity index is 1570. The van der Waals surface area contributed by atoms with E-state index in [1.165, 1.54) is 0 Å². The van der Waals surface area contributed by atoms with Crippen LogP contribution in [0.1, 0.15) is 28.8 Å². The standard InChI is InChI=1S/C26H21BrN4O2S/c1-16-25(17(2)32)20-13-23(21(27)14-22(20)30(16)18-9-5-3-6-10-18)33-15-24-28-29-26(34)31(24)19-11-7-4-8-12-19/h3-14H,15H2,1-2H3,(H,29,34). The van der Waals surface area contributed by atoms with E-state index in [4.69, 9.17) is 17.0 Å². The fourth-order valence-corrected chi connectivity index (χ4v) is 4.99. The zero-order chi connectivity index (χ0) is 23.8. The lowest BCUT2D eigenvalue weighted by Gasteiger charge is -2.12. The van der Waals surface area contributed by atoms with Gasteiger partial charge in [-0.05, 0) is 78.4 Å². The highest BCUT2D eigenvalue weighted by Gasteiger charge is 2.21. The predicted octanol–water partition coefficient (Wildman–Crippen LogP) is 6.73. The van der Waals surface area contributed by atoms with Gasteiger partial charge in [-0.3, -0.25) is 14.5 Å². The first-order valence-corrected chi connectivity index (χ1v) is 11.9. The molecule has 0 radical (unpaired) electrons. The van der Waals surface area contributed by atoms with Crippen molar-refractivity contribution >= 4 is 44.8 Å². The van der Waals surface area contributed by atoms with E-state index >= 15 is 0 Å². The Morgan fingerprint density at radius 2 is 1.65 bits per heavy atom. The maximum absolute atomic E-state index is 12.6. The molecule has 5 aromatic rings. The van der Waals surface area contributed by atoms with Crippen LogP contribution in [0.2, 0.25) is 0 Å². The number of benzene rings is 3. The average Bonchev–Trinajstić information content (AvgIpc) is 3.34. The first-order chi connectivity index (χ1) is 16.5. The van der Waals surface area contributed by atoms with Gasteiger partial charge >= 0.3 is 0 Å². The zero-order valence-electron chi connectivity index (χ0n) is 18.6. The van der Waals surface area contributed by atoms with Gasteiger partial charge in [0.2, 0.25) is 0 Å². The number of carbonyl (C=O) groups is 1. The summed E-state index contributed by atoms with van der Waals surface area (Å²) in [6.07, 6.45) is 0. The van der Waals surface area contributed by atoms with Gasteiger partial charge in [0.05, 0.1) is 9.99 Å². The van der Waals surface area contributed by atoms with E-state index in [0.29, 0.717) is 21.9 Å². The van der Waals surface area contributed by atoms with Gasteiger partial charge in [0.15, 0.2) is 16.4 Å². The molecular formula is C26H21BrN4O2S. The molecule has 0 fully saturated rings. The first-order valence-electron chi connectivity index (χ1n) is 10.7. The maximum Gasteiger partial charge on any atom is 0.199 e. The molecule has 0 aliphatic carbocycles. The predicted molar refractivity (Wildman–Crippen MR) is 139 cm³/mol.